The summed E-state index contributed by atoms with van der Waals surface area (Å²) in [6, 6.07) is 13.0. The van der Waals surface area contributed by atoms with Gasteiger partial charge in [-0.2, -0.15) is 0 Å². The van der Waals surface area contributed by atoms with Crippen LogP contribution >= 0.6 is 11.6 Å². The SMILES string of the molecule is CCNC(=NCc1ccc(N2CCC(O)CC2)c(F)c1)NC(C)c1ccccc1Cl. The first-order valence-electron chi connectivity index (χ1n) is 10.5. The van der Waals surface area contributed by atoms with Gasteiger partial charge in [-0.1, -0.05) is 35.9 Å². The van der Waals surface area contributed by atoms with Gasteiger partial charge in [0.2, 0.25) is 0 Å². The zero-order valence-electron chi connectivity index (χ0n) is 17.5. The second kappa shape index (κ2) is 10.6. The van der Waals surface area contributed by atoms with Crippen molar-refractivity contribution in [2.75, 3.05) is 24.5 Å². The van der Waals surface area contributed by atoms with E-state index in [4.69, 9.17) is 11.6 Å². The van der Waals surface area contributed by atoms with Gasteiger partial charge in [-0.3, -0.25) is 0 Å². The number of aliphatic imine (C=N–C) groups is 1. The number of aliphatic hydroxyl groups is 1. The van der Waals surface area contributed by atoms with Gasteiger partial charge in [0.1, 0.15) is 5.82 Å². The molecule has 162 valence electrons. The summed E-state index contributed by atoms with van der Waals surface area (Å²) in [6.45, 7) is 6.45. The molecule has 0 saturated carbocycles. The Morgan fingerprint density at radius 3 is 2.67 bits per heavy atom. The van der Waals surface area contributed by atoms with E-state index in [1.807, 2.05) is 55.1 Å². The van der Waals surface area contributed by atoms with Gasteiger partial charge < -0.3 is 20.6 Å². The molecule has 30 heavy (non-hydrogen) atoms. The first-order chi connectivity index (χ1) is 14.5. The van der Waals surface area contributed by atoms with Crippen molar-refractivity contribution < 1.29 is 9.50 Å². The highest BCUT2D eigenvalue weighted by molar-refractivity contribution is 6.31. The van der Waals surface area contributed by atoms with E-state index in [9.17, 15) is 9.50 Å². The molecule has 3 N–H and O–H groups in total. The molecular formula is C23H30ClFN4O. The molecule has 1 unspecified atom stereocenters. The third-order valence-corrected chi connectivity index (χ3v) is 5.65. The minimum Gasteiger partial charge on any atom is -0.393 e. The first kappa shape index (κ1) is 22.4. The number of aliphatic hydroxyl groups excluding tert-OH is 1. The van der Waals surface area contributed by atoms with Crippen LogP contribution in [0.4, 0.5) is 10.1 Å². The van der Waals surface area contributed by atoms with E-state index in [-0.39, 0.29) is 18.0 Å². The Hall–Kier alpha value is -2.31. The lowest BCUT2D eigenvalue weighted by Crippen LogP contribution is -2.38. The Labute approximate surface area is 183 Å². The topological polar surface area (TPSA) is 59.9 Å². The smallest absolute Gasteiger partial charge is 0.192 e. The second-order valence-electron chi connectivity index (χ2n) is 7.59. The molecule has 2 aromatic rings. The van der Waals surface area contributed by atoms with E-state index in [0.717, 1.165) is 17.7 Å². The van der Waals surface area contributed by atoms with E-state index in [1.165, 1.54) is 0 Å². The predicted molar refractivity (Wildman–Crippen MR) is 122 cm³/mol. The molecule has 1 aliphatic heterocycles. The largest absolute Gasteiger partial charge is 0.393 e. The summed E-state index contributed by atoms with van der Waals surface area (Å²) in [4.78, 5) is 6.60. The van der Waals surface area contributed by atoms with Gasteiger partial charge in [0, 0.05) is 24.7 Å². The quantitative estimate of drug-likeness (QED) is 0.471. The summed E-state index contributed by atoms with van der Waals surface area (Å²) < 4.78 is 14.7. The maximum atomic E-state index is 14.7. The molecule has 1 aliphatic rings. The van der Waals surface area contributed by atoms with E-state index in [2.05, 4.69) is 15.6 Å². The van der Waals surface area contributed by atoms with Crippen molar-refractivity contribution in [2.24, 2.45) is 4.99 Å². The number of halogens is 2. The van der Waals surface area contributed by atoms with Crippen molar-refractivity contribution in [2.45, 2.75) is 45.4 Å². The molecule has 7 heteroatoms. The Morgan fingerprint density at radius 2 is 2.00 bits per heavy atom. The fourth-order valence-corrected chi connectivity index (χ4v) is 3.91. The van der Waals surface area contributed by atoms with Gasteiger partial charge in [0.15, 0.2) is 5.96 Å². The normalized spacial score (nSPS) is 16.4. The van der Waals surface area contributed by atoms with Crippen LogP contribution in [0.2, 0.25) is 5.02 Å². The second-order valence-corrected chi connectivity index (χ2v) is 7.99. The fraction of sp³-hybridized carbons (Fsp3) is 0.435. The Kier molecular flexibility index (Phi) is 7.94. The van der Waals surface area contributed by atoms with Gasteiger partial charge in [-0.15, -0.1) is 0 Å². The molecule has 2 aromatic carbocycles. The Morgan fingerprint density at radius 1 is 1.27 bits per heavy atom. The van der Waals surface area contributed by atoms with Crippen LogP contribution in [0.1, 0.15) is 43.9 Å². The molecule has 0 aromatic heterocycles. The Balaban J connectivity index is 1.67. The lowest BCUT2D eigenvalue weighted by molar-refractivity contribution is 0.145. The highest BCUT2D eigenvalue weighted by Crippen LogP contribution is 2.25. The van der Waals surface area contributed by atoms with Crippen molar-refractivity contribution in [1.82, 2.24) is 10.6 Å². The van der Waals surface area contributed by atoms with Crippen LogP contribution in [0, 0.1) is 5.82 Å². The number of nitrogens with one attached hydrogen (secondary N) is 2. The molecular weight excluding hydrogens is 403 g/mol. The van der Waals surface area contributed by atoms with Gasteiger partial charge >= 0.3 is 0 Å². The van der Waals surface area contributed by atoms with Crippen molar-refractivity contribution >= 4 is 23.2 Å². The zero-order chi connectivity index (χ0) is 21.5. The maximum Gasteiger partial charge on any atom is 0.192 e. The number of guanidine groups is 1. The molecule has 5 nitrogen and oxygen atoms in total. The molecule has 0 bridgehead atoms. The van der Waals surface area contributed by atoms with Crippen molar-refractivity contribution in [1.29, 1.82) is 0 Å². The number of anilines is 1. The molecule has 1 saturated heterocycles. The van der Waals surface area contributed by atoms with E-state index in [1.54, 1.807) is 6.07 Å². The monoisotopic (exact) mass is 432 g/mol. The molecule has 1 atom stereocenters. The standard InChI is InChI=1S/C23H30ClFN4O/c1-3-26-23(28-16(2)19-6-4-5-7-20(19)24)27-15-17-8-9-22(21(25)14-17)29-12-10-18(30)11-13-29/h4-9,14,16,18,30H,3,10-13,15H2,1-2H3,(H2,26,27,28). The Bertz CT molecular complexity index is 868. The van der Waals surface area contributed by atoms with Crippen LogP contribution in [-0.4, -0.2) is 36.8 Å². The van der Waals surface area contributed by atoms with E-state index in [0.29, 0.717) is 49.1 Å². The minimum atomic E-state index is -0.275. The van der Waals surface area contributed by atoms with Crippen LogP contribution in [0.3, 0.4) is 0 Å². The fourth-order valence-electron chi connectivity index (χ4n) is 3.61. The molecule has 0 spiro atoms. The third kappa shape index (κ3) is 5.86. The predicted octanol–water partition coefficient (Wildman–Crippen LogP) is 4.26. The molecule has 0 radical (unpaired) electrons. The maximum absolute atomic E-state index is 14.7. The summed E-state index contributed by atoms with van der Waals surface area (Å²) >= 11 is 6.30. The number of benzene rings is 2. The van der Waals surface area contributed by atoms with Crippen molar-refractivity contribution in [3.63, 3.8) is 0 Å². The highest BCUT2D eigenvalue weighted by Gasteiger charge is 2.19. The number of hydrogen-bond acceptors (Lipinski definition) is 3. The van der Waals surface area contributed by atoms with Gasteiger partial charge in [0.05, 0.1) is 24.4 Å². The lowest BCUT2D eigenvalue weighted by Gasteiger charge is -2.31. The average Bonchev–Trinajstić information content (AvgIpc) is 2.73. The van der Waals surface area contributed by atoms with Gasteiger partial charge in [-0.25, -0.2) is 9.38 Å². The third-order valence-electron chi connectivity index (χ3n) is 5.31. The average molecular weight is 433 g/mol. The molecule has 3 rings (SSSR count). The first-order valence-corrected chi connectivity index (χ1v) is 10.9. The summed E-state index contributed by atoms with van der Waals surface area (Å²) in [5, 5.41) is 16.9. The summed E-state index contributed by atoms with van der Waals surface area (Å²) in [6.07, 6.45) is 1.07. The number of nitrogens with zero attached hydrogens (tertiary/aromatic N) is 2. The van der Waals surface area contributed by atoms with Crippen LogP contribution in [0.15, 0.2) is 47.5 Å². The highest BCUT2D eigenvalue weighted by atomic mass is 35.5. The summed E-state index contributed by atoms with van der Waals surface area (Å²) in [5.74, 6) is 0.404. The number of hydrogen-bond donors (Lipinski definition) is 3. The molecule has 1 heterocycles. The number of piperidine rings is 1. The summed E-state index contributed by atoms with van der Waals surface area (Å²) in [7, 11) is 0. The zero-order valence-corrected chi connectivity index (χ0v) is 18.3. The van der Waals surface area contributed by atoms with Crippen LogP contribution in [0.5, 0.6) is 0 Å². The molecule has 0 amide bonds. The molecule has 1 fully saturated rings. The number of rotatable bonds is 6. The lowest BCUT2D eigenvalue weighted by atomic mass is 10.1. The minimum absolute atomic E-state index is 0.0231. The van der Waals surface area contributed by atoms with Crippen molar-refractivity contribution in [3.8, 4) is 0 Å². The van der Waals surface area contributed by atoms with E-state index >= 15 is 0 Å². The summed E-state index contributed by atoms with van der Waals surface area (Å²) in [5.41, 5.74) is 2.38. The van der Waals surface area contributed by atoms with Crippen LogP contribution in [0.25, 0.3) is 0 Å². The van der Waals surface area contributed by atoms with Gasteiger partial charge in [-0.05, 0) is 56.0 Å². The molecule has 0 aliphatic carbocycles. The van der Waals surface area contributed by atoms with Crippen LogP contribution < -0.4 is 15.5 Å². The van der Waals surface area contributed by atoms with Crippen LogP contribution in [-0.2, 0) is 6.54 Å². The van der Waals surface area contributed by atoms with E-state index < -0.39 is 0 Å². The van der Waals surface area contributed by atoms with Gasteiger partial charge in [0.25, 0.3) is 0 Å². The van der Waals surface area contributed by atoms with Crippen molar-refractivity contribution in [3.05, 3.63) is 64.4 Å².